The Kier molecular flexibility index (Phi) is 4.32. The Bertz CT molecular complexity index is 530. The molecule has 0 atom stereocenters. The summed E-state index contributed by atoms with van der Waals surface area (Å²) in [5.41, 5.74) is 1.04. The smallest absolute Gasteiger partial charge is 0.242 e. The Morgan fingerprint density at radius 3 is 2.63 bits per heavy atom. The molecule has 0 aliphatic heterocycles. The second kappa shape index (κ2) is 5.64. The standard InChI is InChI=1S/C13H23N3O2S/c1-10(2)7-15-19(17,18)13-6-12(8-14-3)16(9-13)11-4-5-11/h6,9-11,14-15H,4-5,7-8H2,1-3H3. The molecule has 1 fully saturated rings. The van der Waals surface area contributed by atoms with Crippen molar-refractivity contribution < 1.29 is 8.42 Å². The summed E-state index contributed by atoms with van der Waals surface area (Å²) in [4.78, 5) is 0.380. The molecule has 19 heavy (non-hydrogen) atoms. The zero-order valence-electron chi connectivity index (χ0n) is 11.8. The molecule has 5 nitrogen and oxygen atoms in total. The Morgan fingerprint density at radius 2 is 2.11 bits per heavy atom. The molecule has 0 bridgehead atoms. The molecule has 0 aromatic carbocycles. The van der Waals surface area contributed by atoms with Crippen molar-refractivity contribution in [2.45, 2.75) is 44.2 Å². The normalized spacial score (nSPS) is 16.2. The monoisotopic (exact) mass is 285 g/mol. The van der Waals surface area contributed by atoms with Gasteiger partial charge in [0.05, 0.1) is 4.90 Å². The predicted molar refractivity (Wildman–Crippen MR) is 75.5 cm³/mol. The third-order valence-electron chi connectivity index (χ3n) is 3.20. The highest BCUT2D eigenvalue weighted by molar-refractivity contribution is 7.89. The molecular formula is C13H23N3O2S. The van der Waals surface area contributed by atoms with Crippen molar-refractivity contribution in [2.24, 2.45) is 5.92 Å². The molecule has 0 unspecified atom stereocenters. The molecule has 6 heteroatoms. The molecular weight excluding hydrogens is 262 g/mol. The van der Waals surface area contributed by atoms with Gasteiger partial charge in [-0.2, -0.15) is 0 Å². The highest BCUT2D eigenvalue weighted by Gasteiger charge is 2.28. The molecule has 2 N–H and O–H groups in total. The van der Waals surface area contributed by atoms with Gasteiger partial charge in [-0.25, -0.2) is 13.1 Å². The lowest BCUT2D eigenvalue weighted by atomic mass is 10.2. The quantitative estimate of drug-likeness (QED) is 0.797. The van der Waals surface area contributed by atoms with Crippen LogP contribution < -0.4 is 10.0 Å². The molecule has 1 saturated carbocycles. The summed E-state index contributed by atoms with van der Waals surface area (Å²) in [5, 5.41) is 3.09. The van der Waals surface area contributed by atoms with Gasteiger partial charge in [0.25, 0.3) is 0 Å². The average molecular weight is 285 g/mol. The van der Waals surface area contributed by atoms with Crippen molar-refractivity contribution in [3.8, 4) is 0 Å². The fraction of sp³-hybridized carbons (Fsp3) is 0.692. The summed E-state index contributed by atoms with van der Waals surface area (Å²) in [6.45, 7) is 5.14. The lowest BCUT2D eigenvalue weighted by Gasteiger charge is -2.07. The van der Waals surface area contributed by atoms with Crippen LogP contribution in [0.4, 0.5) is 0 Å². The van der Waals surface area contributed by atoms with Crippen LogP contribution in [0.15, 0.2) is 17.2 Å². The van der Waals surface area contributed by atoms with Crippen LogP contribution in [-0.2, 0) is 16.6 Å². The third kappa shape index (κ3) is 3.58. The molecule has 1 aliphatic rings. The van der Waals surface area contributed by atoms with E-state index in [1.54, 1.807) is 12.3 Å². The van der Waals surface area contributed by atoms with Crippen LogP contribution in [0.1, 0.15) is 38.4 Å². The van der Waals surface area contributed by atoms with Gasteiger partial charge in [-0.15, -0.1) is 0 Å². The second-order valence-corrected chi connectivity index (χ2v) is 7.35. The van der Waals surface area contributed by atoms with Crippen LogP contribution >= 0.6 is 0 Å². The van der Waals surface area contributed by atoms with Crippen molar-refractivity contribution in [3.05, 3.63) is 18.0 Å². The number of aromatic nitrogens is 1. The first-order valence-electron chi connectivity index (χ1n) is 6.79. The molecule has 0 radical (unpaired) electrons. The van der Waals surface area contributed by atoms with E-state index in [-0.39, 0.29) is 0 Å². The predicted octanol–water partition coefficient (Wildman–Crippen LogP) is 1.48. The summed E-state index contributed by atoms with van der Waals surface area (Å²) in [6.07, 6.45) is 4.06. The first kappa shape index (κ1) is 14.6. The number of hydrogen-bond acceptors (Lipinski definition) is 3. The first-order valence-corrected chi connectivity index (χ1v) is 8.27. The zero-order valence-corrected chi connectivity index (χ0v) is 12.6. The van der Waals surface area contributed by atoms with Crippen LogP contribution in [0.3, 0.4) is 0 Å². The molecule has 108 valence electrons. The van der Waals surface area contributed by atoms with Gasteiger partial charge in [0.15, 0.2) is 0 Å². The highest BCUT2D eigenvalue weighted by Crippen LogP contribution is 2.37. The summed E-state index contributed by atoms with van der Waals surface area (Å²) in [6, 6.07) is 2.26. The highest BCUT2D eigenvalue weighted by atomic mass is 32.2. The van der Waals surface area contributed by atoms with Gasteiger partial charge in [-0.05, 0) is 31.9 Å². The molecule has 1 heterocycles. The number of hydrogen-bond donors (Lipinski definition) is 2. The van der Waals surface area contributed by atoms with Crippen LogP contribution in [0.2, 0.25) is 0 Å². The SMILES string of the molecule is CNCc1cc(S(=O)(=O)NCC(C)C)cn1C1CC1. The lowest BCUT2D eigenvalue weighted by molar-refractivity contribution is 0.560. The van der Waals surface area contributed by atoms with Crippen molar-refractivity contribution >= 4 is 10.0 Å². The first-order chi connectivity index (χ1) is 8.94. The van der Waals surface area contributed by atoms with Crippen molar-refractivity contribution in [1.82, 2.24) is 14.6 Å². The number of nitrogens with zero attached hydrogens (tertiary/aromatic N) is 1. The molecule has 0 amide bonds. The number of sulfonamides is 1. The Balaban J connectivity index is 2.21. The molecule has 2 rings (SSSR count). The topological polar surface area (TPSA) is 63.1 Å². The zero-order chi connectivity index (χ0) is 14.0. The van der Waals surface area contributed by atoms with Crippen molar-refractivity contribution in [1.29, 1.82) is 0 Å². The van der Waals surface area contributed by atoms with E-state index in [0.717, 1.165) is 18.5 Å². The van der Waals surface area contributed by atoms with E-state index < -0.39 is 10.0 Å². The largest absolute Gasteiger partial charge is 0.346 e. The van der Waals surface area contributed by atoms with E-state index in [9.17, 15) is 8.42 Å². The Morgan fingerprint density at radius 1 is 1.42 bits per heavy atom. The van der Waals surface area contributed by atoms with Crippen LogP contribution in [0.5, 0.6) is 0 Å². The van der Waals surface area contributed by atoms with Gasteiger partial charge in [0.1, 0.15) is 0 Å². The molecule has 0 saturated heterocycles. The Hall–Kier alpha value is -0.850. The number of rotatable bonds is 7. The number of nitrogens with one attached hydrogen (secondary N) is 2. The summed E-state index contributed by atoms with van der Waals surface area (Å²) >= 11 is 0. The van der Waals surface area contributed by atoms with Crippen LogP contribution in [0.25, 0.3) is 0 Å². The van der Waals surface area contributed by atoms with Crippen LogP contribution in [0, 0.1) is 5.92 Å². The molecule has 0 spiro atoms. The van der Waals surface area contributed by atoms with Gasteiger partial charge in [0, 0.05) is 31.0 Å². The van der Waals surface area contributed by atoms with Crippen molar-refractivity contribution in [2.75, 3.05) is 13.6 Å². The van der Waals surface area contributed by atoms with Crippen molar-refractivity contribution in [3.63, 3.8) is 0 Å². The van der Waals surface area contributed by atoms with E-state index >= 15 is 0 Å². The van der Waals surface area contributed by atoms with Gasteiger partial charge >= 0.3 is 0 Å². The summed E-state index contributed by atoms with van der Waals surface area (Å²) < 4.78 is 29.2. The van der Waals surface area contributed by atoms with E-state index in [1.807, 2.05) is 20.9 Å². The average Bonchev–Trinajstić information content (AvgIpc) is 3.09. The van der Waals surface area contributed by atoms with E-state index in [0.29, 0.717) is 29.9 Å². The van der Waals surface area contributed by atoms with E-state index in [1.165, 1.54) is 0 Å². The lowest BCUT2D eigenvalue weighted by Crippen LogP contribution is -2.27. The van der Waals surface area contributed by atoms with Gasteiger partial charge in [-0.3, -0.25) is 0 Å². The summed E-state index contributed by atoms with van der Waals surface area (Å²) in [7, 11) is -1.51. The minimum atomic E-state index is -3.38. The van der Waals surface area contributed by atoms with Gasteiger partial charge in [0.2, 0.25) is 10.0 Å². The van der Waals surface area contributed by atoms with E-state index in [2.05, 4.69) is 14.6 Å². The maximum absolute atomic E-state index is 12.2. The minimum absolute atomic E-state index is 0.303. The second-order valence-electron chi connectivity index (χ2n) is 5.58. The molecule has 1 aromatic rings. The maximum atomic E-state index is 12.2. The minimum Gasteiger partial charge on any atom is -0.346 e. The molecule has 1 aromatic heterocycles. The van der Waals surface area contributed by atoms with E-state index in [4.69, 9.17) is 0 Å². The summed E-state index contributed by atoms with van der Waals surface area (Å²) in [5.74, 6) is 0.303. The Labute approximate surface area is 115 Å². The third-order valence-corrected chi connectivity index (χ3v) is 4.59. The fourth-order valence-corrected chi connectivity index (χ4v) is 3.28. The molecule has 1 aliphatic carbocycles. The van der Waals surface area contributed by atoms with Gasteiger partial charge in [-0.1, -0.05) is 13.8 Å². The fourth-order valence-electron chi connectivity index (χ4n) is 2.02. The van der Waals surface area contributed by atoms with Gasteiger partial charge < -0.3 is 9.88 Å². The maximum Gasteiger partial charge on any atom is 0.242 e. The van der Waals surface area contributed by atoms with Crippen LogP contribution in [-0.4, -0.2) is 26.6 Å².